The zero-order valence-corrected chi connectivity index (χ0v) is 12.4. The number of carbonyl (C=O) groups is 1. The van der Waals surface area contributed by atoms with Gasteiger partial charge in [0.25, 0.3) is 0 Å². The Kier molecular flexibility index (Phi) is 7.48. The molecule has 0 saturated heterocycles. The molecule has 3 nitrogen and oxygen atoms in total. The fourth-order valence-electron chi connectivity index (χ4n) is 1.41. The third-order valence-electron chi connectivity index (χ3n) is 2.83. The van der Waals surface area contributed by atoms with E-state index < -0.39 is 49.6 Å². The highest BCUT2D eigenvalue weighted by Crippen LogP contribution is 2.44. The Bertz CT molecular complexity index is 491. The molecule has 0 fully saturated rings. The van der Waals surface area contributed by atoms with E-state index in [1.165, 1.54) is 13.8 Å². The summed E-state index contributed by atoms with van der Waals surface area (Å²) in [6, 6.07) is 0. The smallest absolute Gasteiger partial charge is 0.406 e. The minimum absolute atomic E-state index is 0.495. The van der Waals surface area contributed by atoms with Gasteiger partial charge in [0.05, 0.1) is 6.42 Å². The molecule has 0 spiro atoms. The monoisotopic (exact) mass is 346 g/mol. The van der Waals surface area contributed by atoms with Crippen LogP contribution in [0.5, 0.6) is 0 Å². The lowest BCUT2D eigenvalue weighted by Gasteiger charge is -2.28. The maximum absolute atomic E-state index is 13.1. The van der Waals surface area contributed by atoms with Gasteiger partial charge >= 0.3 is 18.3 Å². The van der Waals surface area contributed by atoms with E-state index in [4.69, 9.17) is 5.11 Å². The van der Waals surface area contributed by atoms with Gasteiger partial charge in [-0.05, 0) is 20.3 Å². The SMILES string of the molecule is CC(C)=CCC(CC#COCCC(F)(F)F)(C(=O)O)C(F)(F)F. The highest BCUT2D eigenvalue weighted by molar-refractivity contribution is 5.76. The number of carboxylic acid groups (broad SMARTS) is 1. The summed E-state index contributed by atoms with van der Waals surface area (Å²) in [7, 11) is 0. The van der Waals surface area contributed by atoms with E-state index in [0.29, 0.717) is 5.57 Å². The van der Waals surface area contributed by atoms with Crippen molar-refractivity contribution < 1.29 is 41.0 Å². The van der Waals surface area contributed by atoms with E-state index in [0.717, 1.165) is 6.08 Å². The van der Waals surface area contributed by atoms with E-state index in [9.17, 15) is 31.1 Å². The van der Waals surface area contributed by atoms with Crippen LogP contribution in [0.15, 0.2) is 11.6 Å². The van der Waals surface area contributed by atoms with Crippen LogP contribution in [0.1, 0.15) is 33.1 Å². The lowest BCUT2D eigenvalue weighted by Crippen LogP contribution is -2.44. The normalized spacial score (nSPS) is 14.3. The van der Waals surface area contributed by atoms with Crippen LogP contribution in [-0.2, 0) is 9.53 Å². The van der Waals surface area contributed by atoms with Gasteiger partial charge in [-0.15, -0.1) is 0 Å². The van der Waals surface area contributed by atoms with E-state index in [1.807, 2.05) is 5.92 Å². The van der Waals surface area contributed by atoms with Crippen LogP contribution in [0, 0.1) is 17.4 Å². The quantitative estimate of drug-likeness (QED) is 0.338. The second-order valence-corrected chi connectivity index (χ2v) is 5.04. The Labute approximate surface area is 129 Å². The highest BCUT2D eigenvalue weighted by Gasteiger charge is 2.59. The Morgan fingerprint density at radius 2 is 1.74 bits per heavy atom. The third kappa shape index (κ3) is 7.30. The number of hydrogen-bond donors (Lipinski definition) is 1. The third-order valence-corrected chi connectivity index (χ3v) is 2.83. The molecule has 1 N–H and O–H groups in total. The number of allylic oxidation sites excluding steroid dienone is 2. The summed E-state index contributed by atoms with van der Waals surface area (Å²) in [6.45, 7) is 2.18. The molecule has 0 radical (unpaired) electrons. The molecule has 0 aliphatic carbocycles. The van der Waals surface area contributed by atoms with Crippen molar-refractivity contribution in [3.8, 4) is 12.0 Å². The maximum atomic E-state index is 13.1. The lowest BCUT2D eigenvalue weighted by atomic mass is 9.80. The topological polar surface area (TPSA) is 46.5 Å². The van der Waals surface area contributed by atoms with Gasteiger partial charge in [-0.1, -0.05) is 17.6 Å². The van der Waals surface area contributed by atoms with Crippen LogP contribution >= 0.6 is 0 Å². The van der Waals surface area contributed by atoms with Crippen molar-refractivity contribution in [1.82, 2.24) is 0 Å². The summed E-state index contributed by atoms with van der Waals surface area (Å²) in [5, 5.41) is 8.98. The number of rotatable bonds is 6. The summed E-state index contributed by atoms with van der Waals surface area (Å²) in [6.07, 6.45) is -9.99. The average molecular weight is 346 g/mol. The zero-order chi connectivity index (χ0) is 18.3. The number of aliphatic carboxylic acids is 1. The zero-order valence-electron chi connectivity index (χ0n) is 12.4. The molecule has 1 unspecified atom stereocenters. The molecule has 9 heteroatoms. The molecular formula is C14H16F6O3. The Morgan fingerprint density at radius 1 is 1.17 bits per heavy atom. The molecule has 0 aromatic heterocycles. The molecule has 0 aliphatic heterocycles. The Morgan fingerprint density at radius 3 is 2.13 bits per heavy atom. The molecule has 0 aromatic rings. The summed E-state index contributed by atoms with van der Waals surface area (Å²) in [4.78, 5) is 11.1. The number of ether oxygens (including phenoxy) is 1. The van der Waals surface area contributed by atoms with Crippen LogP contribution in [0.4, 0.5) is 26.3 Å². The van der Waals surface area contributed by atoms with Gasteiger partial charge < -0.3 is 9.84 Å². The van der Waals surface area contributed by atoms with Crippen molar-refractivity contribution in [3.05, 3.63) is 11.6 Å². The summed E-state index contributed by atoms with van der Waals surface area (Å²) >= 11 is 0. The number of carboxylic acids is 1. The first-order valence-electron chi connectivity index (χ1n) is 6.42. The minimum Gasteiger partial charge on any atom is -0.481 e. The van der Waals surface area contributed by atoms with E-state index in [-0.39, 0.29) is 0 Å². The largest absolute Gasteiger partial charge is 0.481 e. The first kappa shape index (κ1) is 21.1. The van der Waals surface area contributed by atoms with Gasteiger partial charge in [0, 0.05) is 6.42 Å². The molecule has 23 heavy (non-hydrogen) atoms. The van der Waals surface area contributed by atoms with Crippen molar-refractivity contribution >= 4 is 5.97 Å². The molecule has 0 rings (SSSR count). The van der Waals surface area contributed by atoms with Crippen molar-refractivity contribution in [2.75, 3.05) is 6.61 Å². The Hall–Kier alpha value is -1.85. The van der Waals surface area contributed by atoms with Crippen molar-refractivity contribution in [2.45, 2.75) is 45.5 Å². The van der Waals surface area contributed by atoms with Crippen LogP contribution in [0.2, 0.25) is 0 Å². The number of alkyl halides is 6. The fourth-order valence-corrected chi connectivity index (χ4v) is 1.41. The number of halogens is 6. The molecule has 0 aromatic carbocycles. The minimum atomic E-state index is -5.08. The number of hydrogen-bond acceptors (Lipinski definition) is 2. The van der Waals surface area contributed by atoms with Crippen LogP contribution in [0.25, 0.3) is 0 Å². The van der Waals surface area contributed by atoms with Gasteiger partial charge in [0.15, 0.2) is 5.41 Å². The molecular weight excluding hydrogens is 330 g/mol. The molecule has 0 amide bonds. The van der Waals surface area contributed by atoms with Gasteiger partial charge in [-0.2, -0.15) is 26.3 Å². The molecule has 132 valence electrons. The summed E-state index contributed by atoms with van der Waals surface area (Å²) in [5.74, 6) is -0.250. The fraction of sp³-hybridized carbons (Fsp3) is 0.643. The predicted molar refractivity (Wildman–Crippen MR) is 69.2 cm³/mol. The molecule has 1 atom stereocenters. The lowest BCUT2D eigenvalue weighted by molar-refractivity contribution is -0.229. The maximum Gasteiger partial charge on any atom is 0.406 e. The van der Waals surface area contributed by atoms with E-state index in [2.05, 4.69) is 4.74 Å². The van der Waals surface area contributed by atoms with Gasteiger partial charge in [-0.25, -0.2) is 0 Å². The van der Waals surface area contributed by atoms with Crippen molar-refractivity contribution in [2.24, 2.45) is 5.41 Å². The Balaban J connectivity index is 5.05. The van der Waals surface area contributed by atoms with Gasteiger partial charge in [0.2, 0.25) is 0 Å². The summed E-state index contributed by atoms with van der Waals surface area (Å²) in [5.41, 5.74) is -2.64. The molecule has 0 saturated carbocycles. The van der Waals surface area contributed by atoms with Crippen LogP contribution < -0.4 is 0 Å². The first-order valence-corrected chi connectivity index (χ1v) is 6.42. The van der Waals surface area contributed by atoms with E-state index in [1.54, 1.807) is 6.11 Å². The molecule has 0 bridgehead atoms. The van der Waals surface area contributed by atoms with E-state index >= 15 is 0 Å². The standard InChI is InChI=1S/C14H16F6O3/c1-10(2)4-6-12(11(21)22,14(18,19)20)5-3-8-23-9-7-13(15,16)17/h4H,5-7,9H2,1-2H3,(H,21,22). The van der Waals surface area contributed by atoms with Gasteiger partial charge in [-0.3, -0.25) is 4.79 Å². The van der Waals surface area contributed by atoms with Crippen molar-refractivity contribution in [1.29, 1.82) is 0 Å². The van der Waals surface area contributed by atoms with Gasteiger partial charge in [0.1, 0.15) is 12.7 Å². The summed E-state index contributed by atoms with van der Waals surface area (Å²) < 4.78 is 79.2. The molecule has 0 heterocycles. The second kappa shape index (κ2) is 8.13. The van der Waals surface area contributed by atoms with Crippen molar-refractivity contribution in [3.63, 3.8) is 0 Å². The average Bonchev–Trinajstić information content (AvgIpc) is 2.33. The second-order valence-electron chi connectivity index (χ2n) is 5.04. The van der Waals surface area contributed by atoms with Crippen LogP contribution in [-0.4, -0.2) is 30.0 Å². The van der Waals surface area contributed by atoms with Crippen LogP contribution in [0.3, 0.4) is 0 Å². The molecule has 0 aliphatic rings. The predicted octanol–water partition coefficient (Wildman–Crippen LogP) is 4.30. The highest BCUT2D eigenvalue weighted by atomic mass is 19.4. The first-order chi connectivity index (χ1) is 10.3.